The molecule has 0 aliphatic heterocycles. The molecule has 0 atom stereocenters. The fourth-order valence-electron chi connectivity index (χ4n) is 3.05. The Balaban J connectivity index is 1.70. The molecule has 0 unspecified atom stereocenters. The predicted molar refractivity (Wildman–Crippen MR) is 129 cm³/mol. The summed E-state index contributed by atoms with van der Waals surface area (Å²) in [4.78, 5) is 25.3. The number of nitrogens with zero attached hydrogens (tertiary/aromatic N) is 1. The second-order valence-electron chi connectivity index (χ2n) is 6.91. The van der Waals surface area contributed by atoms with E-state index < -0.39 is 5.91 Å². The van der Waals surface area contributed by atoms with Gasteiger partial charge in [-0.3, -0.25) is 9.59 Å². The average Bonchev–Trinajstić information content (AvgIpc) is 2.86. The molecule has 0 saturated carbocycles. The summed E-state index contributed by atoms with van der Waals surface area (Å²) < 4.78 is 15.7. The van der Waals surface area contributed by atoms with Crippen LogP contribution in [0, 0.1) is 11.3 Å². The number of anilines is 2. The number of nitriles is 1. The molecule has 3 rings (SSSR count). The summed E-state index contributed by atoms with van der Waals surface area (Å²) in [5, 5.41) is 14.2. The monoisotopic (exact) mass is 457 g/mol. The SMILES string of the molecule is COc1cccc(NC(=O)c2ccccc2NC(=O)/C=C/c2ccc(OCC#N)c(OC)c2)c1. The van der Waals surface area contributed by atoms with Crippen molar-refractivity contribution in [2.75, 3.05) is 31.5 Å². The van der Waals surface area contributed by atoms with E-state index in [1.54, 1.807) is 79.9 Å². The molecule has 2 amide bonds. The molecule has 0 heterocycles. The Kier molecular flexibility index (Phi) is 8.25. The Morgan fingerprint density at radius 3 is 2.53 bits per heavy atom. The predicted octanol–water partition coefficient (Wildman–Crippen LogP) is 4.51. The van der Waals surface area contributed by atoms with Gasteiger partial charge in [-0.25, -0.2) is 0 Å². The summed E-state index contributed by atoms with van der Waals surface area (Å²) in [5.74, 6) is 0.709. The lowest BCUT2D eigenvalue weighted by atomic mass is 10.1. The van der Waals surface area contributed by atoms with Gasteiger partial charge in [0.25, 0.3) is 5.91 Å². The molecule has 34 heavy (non-hydrogen) atoms. The van der Waals surface area contributed by atoms with Crippen LogP contribution in [0.5, 0.6) is 17.2 Å². The summed E-state index contributed by atoms with van der Waals surface area (Å²) in [7, 11) is 3.04. The van der Waals surface area contributed by atoms with Crippen molar-refractivity contribution in [3.05, 3.63) is 83.9 Å². The van der Waals surface area contributed by atoms with Crippen molar-refractivity contribution in [3.63, 3.8) is 0 Å². The van der Waals surface area contributed by atoms with Crippen LogP contribution in [-0.4, -0.2) is 32.6 Å². The van der Waals surface area contributed by atoms with Gasteiger partial charge in [0.15, 0.2) is 18.1 Å². The van der Waals surface area contributed by atoms with Gasteiger partial charge in [-0.1, -0.05) is 24.3 Å². The molecule has 8 nitrogen and oxygen atoms in total. The number of para-hydroxylation sites is 1. The van der Waals surface area contributed by atoms with Crippen LogP contribution in [-0.2, 0) is 4.79 Å². The van der Waals surface area contributed by atoms with Gasteiger partial charge >= 0.3 is 0 Å². The van der Waals surface area contributed by atoms with Gasteiger partial charge in [-0.15, -0.1) is 0 Å². The highest BCUT2D eigenvalue weighted by Crippen LogP contribution is 2.28. The van der Waals surface area contributed by atoms with Gasteiger partial charge in [0.1, 0.15) is 11.8 Å². The van der Waals surface area contributed by atoms with Crippen molar-refractivity contribution in [2.24, 2.45) is 0 Å². The molecule has 0 bridgehead atoms. The average molecular weight is 457 g/mol. The normalized spacial score (nSPS) is 10.3. The number of benzene rings is 3. The van der Waals surface area contributed by atoms with E-state index in [1.165, 1.54) is 13.2 Å². The molecule has 0 aliphatic rings. The van der Waals surface area contributed by atoms with E-state index in [9.17, 15) is 9.59 Å². The van der Waals surface area contributed by atoms with E-state index in [2.05, 4.69) is 10.6 Å². The standard InChI is InChI=1S/C26H23N3O5/c1-32-20-7-5-6-19(17-20)28-26(31)21-8-3-4-9-22(21)29-25(30)13-11-18-10-12-23(34-15-14-27)24(16-18)33-2/h3-13,16-17H,15H2,1-2H3,(H,28,31)(H,29,30)/b13-11+. The number of carbonyl (C=O) groups excluding carboxylic acids is 2. The Morgan fingerprint density at radius 1 is 0.941 bits per heavy atom. The molecule has 0 fully saturated rings. The number of rotatable bonds is 9. The lowest BCUT2D eigenvalue weighted by Gasteiger charge is -2.11. The summed E-state index contributed by atoms with van der Waals surface area (Å²) in [6, 6.07) is 20.7. The van der Waals surface area contributed by atoms with Gasteiger partial charge in [0, 0.05) is 17.8 Å². The fourth-order valence-corrected chi connectivity index (χ4v) is 3.05. The topological polar surface area (TPSA) is 110 Å². The van der Waals surface area contributed by atoms with Gasteiger partial charge < -0.3 is 24.8 Å². The minimum absolute atomic E-state index is 0.0985. The van der Waals surface area contributed by atoms with Crippen molar-refractivity contribution in [2.45, 2.75) is 0 Å². The molecular formula is C26H23N3O5. The number of methoxy groups -OCH3 is 2. The highest BCUT2D eigenvalue weighted by Gasteiger charge is 2.13. The molecule has 3 aromatic rings. The first-order valence-corrected chi connectivity index (χ1v) is 10.3. The summed E-state index contributed by atoms with van der Waals surface area (Å²) in [6.45, 7) is -0.0985. The van der Waals surface area contributed by atoms with Crippen molar-refractivity contribution in [3.8, 4) is 23.3 Å². The van der Waals surface area contributed by atoms with Crippen molar-refractivity contribution in [1.29, 1.82) is 5.26 Å². The largest absolute Gasteiger partial charge is 0.497 e. The summed E-state index contributed by atoms with van der Waals surface area (Å²) >= 11 is 0. The van der Waals surface area contributed by atoms with E-state index in [0.29, 0.717) is 39.8 Å². The van der Waals surface area contributed by atoms with Gasteiger partial charge in [0.2, 0.25) is 5.91 Å². The third kappa shape index (κ3) is 6.37. The Bertz CT molecular complexity index is 1250. The summed E-state index contributed by atoms with van der Waals surface area (Å²) in [5.41, 5.74) is 1.95. The van der Waals surface area contributed by atoms with E-state index in [-0.39, 0.29) is 12.5 Å². The maximum atomic E-state index is 12.8. The fraction of sp³-hybridized carbons (Fsp3) is 0.115. The molecule has 8 heteroatoms. The van der Waals surface area contributed by atoms with Crippen molar-refractivity contribution >= 4 is 29.3 Å². The zero-order chi connectivity index (χ0) is 24.3. The third-order valence-corrected chi connectivity index (χ3v) is 4.66. The first-order valence-electron chi connectivity index (χ1n) is 10.3. The zero-order valence-electron chi connectivity index (χ0n) is 18.7. The van der Waals surface area contributed by atoms with Crippen LogP contribution in [0.15, 0.2) is 72.8 Å². The molecule has 0 aromatic heterocycles. The van der Waals surface area contributed by atoms with E-state index in [0.717, 1.165) is 0 Å². The van der Waals surface area contributed by atoms with Crippen LogP contribution < -0.4 is 24.8 Å². The van der Waals surface area contributed by atoms with Crippen molar-refractivity contribution < 1.29 is 23.8 Å². The molecule has 3 aromatic carbocycles. The smallest absolute Gasteiger partial charge is 0.257 e. The third-order valence-electron chi connectivity index (χ3n) is 4.66. The second-order valence-corrected chi connectivity index (χ2v) is 6.91. The van der Waals surface area contributed by atoms with Gasteiger partial charge in [-0.05, 0) is 48.0 Å². The molecule has 0 aliphatic carbocycles. The minimum Gasteiger partial charge on any atom is -0.497 e. The first kappa shape index (κ1) is 23.9. The number of carbonyl (C=O) groups is 2. The van der Waals surface area contributed by atoms with Crippen LogP contribution in [0.1, 0.15) is 15.9 Å². The molecular weight excluding hydrogens is 434 g/mol. The summed E-state index contributed by atoms with van der Waals surface area (Å²) in [6.07, 6.45) is 2.95. The maximum absolute atomic E-state index is 12.8. The van der Waals surface area contributed by atoms with Gasteiger partial charge in [0.05, 0.1) is 25.5 Å². The Morgan fingerprint density at radius 2 is 1.76 bits per heavy atom. The van der Waals surface area contributed by atoms with Crippen LogP contribution in [0.4, 0.5) is 11.4 Å². The maximum Gasteiger partial charge on any atom is 0.257 e. The van der Waals surface area contributed by atoms with Crippen molar-refractivity contribution in [1.82, 2.24) is 0 Å². The quantitative estimate of drug-likeness (QED) is 0.458. The number of hydrogen-bond acceptors (Lipinski definition) is 6. The van der Waals surface area contributed by atoms with E-state index in [1.807, 2.05) is 6.07 Å². The Labute approximate surface area is 197 Å². The van der Waals surface area contributed by atoms with Crippen LogP contribution in [0.3, 0.4) is 0 Å². The van der Waals surface area contributed by atoms with Crippen LogP contribution in [0.25, 0.3) is 6.08 Å². The Hall–Kier alpha value is -4.77. The van der Waals surface area contributed by atoms with E-state index in [4.69, 9.17) is 19.5 Å². The van der Waals surface area contributed by atoms with E-state index >= 15 is 0 Å². The first-order chi connectivity index (χ1) is 16.5. The van der Waals surface area contributed by atoms with Gasteiger partial charge in [-0.2, -0.15) is 5.26 Å². The number of nitrogens with one attached hydrogen (secondary N) is 2. The number of amides is 2. The molecule has 0 radical (unpaired) electrons. The molecule has 2 N–H and O–H groups in total. The number of ether oxygens (including phenoxy) is 3. The lowest BCUT2D eigenvalue weighted by Crippen LogP contribution is -2.17. The zero-order valence-corrected chi connectivity index (χ0v) is 18.7. The molecule has 0 spiro atoms. The second kappa shape index (κ2) is 11.7. The highest BCUT2D eigenvalue weighted by atomic mass is 16.5. The molecule has 0 saturated heterocycles. The van der Waals surface area contributed by atoms with Crippen LogP contribution in [0.2, 0.25) is 0 Å². The highest BCUT2D eigenvalue weighted by molar-refractivity contribution is 6.11. The number of hydrogen-bond donors (Lipinski definition) is 2. The minimum atomic E-state index is -0.412. The molecule has 172 valence electrons. The van der Waals surface area contributed by atoms with Crippen LogP contribution >= 0.6 is 0 Å². The lowest BCUT2D eigenvalue weighted by molar-refractivity contribution is -0.111.